The lowest BCUT2D eigenvalue weighted by Crippen LogP contribution is -2.35. The van der Waals surface area contributed by atoms with Crippen molar-refractivity contribution < 1.29 is 19.1 Å². The normalized spacial score (nSPS) is 9.53. The minimum absolute atomic E-state index is 0.0113. The average molecular weight is 264 g/mol. The Morgan fingerprint density at radius 1 is 1.11 bits per heavy atom. The van der Waals surface area contributed by atoms with Crippen molar-refractivity contribution in [3.05, 3.63) is 30.3 Å². The summed E-state index contributed by atoms with van der Waals surface area (Å²) in [5, 5.41) is 0. The smallest absolute Gasteiger partial charge is 0.305 e. The van der Waals surface area contributed by atoms with Crippen molar-refractivity contribution in [3.63, 3.8) is 0 Å². The third-order valence-corrected chi connectivity index (χ3v) is 2.36. The van der Waals surface area contributed by atoms with Crippen molar-refractivity contribution in [1.82, 2.24) is 5.43 Å². The zero-order chi connectivity index (χ0) is 14.1. The first kappa shape index (κ1) is 14.7. The van der Waals surface area contributed by atoms with Crippen LogP contribution in [0.1, 0.15) is 19.3 Å². The molecule has 0 unspecified atom stereocenters. The van der Waals surface area contributed by atoms with E-state index in [2.05, 4.69) is 15.6 Å². The number of hydrogen-bond donors (Lipinski definition) is 2. The zero-order valence-corrected chi connectivity index (χ0v) is 10.6. The van der Waals surface area contributed by atoms with Crippen molar-refractivity contribution in [2.45, 2.75) is 19.3 Å². The lowest BCUT2D eigenvalue weighted by molar-refractivity contribution is -0.141. The van der Waals surface area contributed by atoms with E-state index >= 15 is 0 Å². The maximum atomic E-state index is 11.4. The topological polar surface area (TPSA) is 84.5 Å². The molecule has 102 valence electrons. The van der Waals surface area contributed by atoms with Crippen LogP contribution in [0.2, 0.25) is 0 Å². The van der Waals surface area contributed by atoms with Gasteiger partial charge in [0.2, 0.25) is 5.78 Å². The molecule has 19 heavy (non-hydrogen) atoms. The third kappa shape index (κ3) is 5.67. The number of hydrogen-bond acceptors (Lipinski definition) is 5. The van der Waals surface area contributed by atoms with Gasteiger partial charge in [-0.1, -0.05) is 18.2 Å². The molecule has 0 spiro atoms. The van der Waals surface area contributed by atoms with E-state index in [0.29, 0.717) is 12.1 Å². The Labute approximate surface area is 111 Å². The van der Waals surface area contributed by atoms with Gasteiger partial charge in [0.1, 0.15) is 0 Å². The molecule has 0 aliphatic heterocycles. The molecule has 0 radical (unpaired) electrons. The Morgan fingerprint density at radius 2 is 1.79 bits per heavy atom. The Bertz CT molecular complexity index is 445. The number of carbonyl (C=O) groups is 3. The summed E-state index contributed by atoms with van der Waals surface area (Å²) in [6, 6.07) is 8.94. The van der Waals surface area contributed by atoms with Crippen LogP contribution in [0.25, 0.3) is 0 Å². The maximum Gasteiger partial charge on any atom is 0.305 e. The Balaban J connectivity index is 2.25. The Hall–Kier alpha value is -2.37. The summed E-state index contributed by atoms with van der Waals surface area (Å²) in [6.07, 6.45) is 0.434. The average Bonchev–Trinajstić information content (AvgIpc) is 2.45. The number of Topliss-reactive ketones (excluding diaryl/α,β-unsaturated/α-hetero) is 1. The number of nitrogens with one attached hydrogen (secondary N) is 2. The van der Waals surface area contributed by atoms with Gasteiger partial charge in [0.25, 0.3) is 0 Å². The molecule has 0 heterocycles. The molecule has 1 aromatic rings. The maximum absolute atomic E-state index is 11.4. The molecule has 0 atom stereocenters. The highest BCUT2D eigenvalue weighted by atomic mass is 16.5. The molecule has 0 fully saturated rings. The van der Waals surface area contributed by atoms with Crippen LogP contribution in [0.4, 0.5) is 5.69 Å². The molecule has 0 aliphatic rings. The third-order valence-electron chi connectivity index (χ3n) is 2.36. The highest BCUT2D eigenvalue weighted by molar-refractivity contribution is 6.36. The highest BCUT2D eigenvalue weighted by Crippen LogP contribution is 2.03. The Kier molecular flexibility index (Phi) is 6.08. The molecule has 2 N–H and O–H groups in total. The predicted molar refractivity (Wildman–Crippen MR) is 69.1 cm³/mol. The van der Waals surface area contributed by atoms with E-state index < -0.39 is 17.7 Å². The van der Waals surface area contributed by atoms with Gasteiger partial charge in [-0.05, 0) is 18.6 Å². The van der Waals surface area contributed by atoms with Crippen molar-refractivity contribution in [1.29, 1.82) is 0 Å². The van der Waals surface area contributed by atoms with Crippen molar-refractivity contribution in [2.75, 3.05) is 12.5 Å². The fourth-order valence-corrected chi connectivity index (χ4v) is 1.33. The second kappa shape index (κ2) is 7.86. The monoisotopic (exact) mass is 264 g/mol. The predicted octanol–water partition coefficient (Wildman–Crippen LogP) is 1.04. The minimum atomic E-state index is -0.728. The molecule has 1 rings (SSSR count). The largest absolute Gasteiger partial charge is 0.469 e. The fraction of sp³-hybridized carbons (Fsp3) is 0.308. The first-order chi connectivity index (χ1) is 9.13. The number of para-hydroxylation sites is 1. The van der Waals surface area contributed by atoms with Crippen molar-refractivity contribution in [2.24, 2.45) is 0 Å². The van der Waals surface area contributed by atoms with Crippen LogP contribution < -0.4 is 10.9 Å². The molecule has 0 aliphatic carbocycles. The van der Waals surface area contributed by atoms with E-state index in [1.807, 2.05) is 6.07 Å². The number of ketones is 1. The summed E-state index contributed by atoms with van der Waals surface area (Å²) in [5.74, 6) is -1.70. The molecule has 0 aromatic heterocycles. The number of ether oxygens (including phenoxy) is 1. The number of hydrazine groups is 1. The summed E-state index contributed by atoms with van der Waals surface area (Å²) in [5.41, 5.74) is 5.60. The lowest BCUT2D eigenvalue weighted by atomic mass is 10.2. The zero-order valence-electron chi connectivity index (χ0n) is 10.6. The van der Waals surface area contributed by atoms with Gasteiger partial charge in [0.05, 0.1) is 12.8 Å². The first-order valence-corrected chi connectivity index (χ1v) is 5.84. The van der Waals surface area contributed by atoms with Gasteiger partial charge in [-0.2, -0.15) is 0 Å². The SMILES string of the molecule is COC(=O)CCCC(=O)C(=O)NNc1ccccc1. The van der Waals surface area contributed by atoms with E-state index in [9.17, 15) is 14.4 Å². The number of methoxy groups -OCH3 is 1. The van der Waals surface area contributed by atoms with E-state index in [0.717, 1.165) is 0 Å². The van der Waals surface area contributed by atoms with Crippen LogP contribution in [-0.2, 0) is 19.1 Å². The van der Waals surface area contributed by atoms with E-state index in [-0.39, 0.29) is 12.8 Å². The quantitative estimate of drug-likeness (QED) is 0.437. The molecule has 1 aromatic carbocycles. The van der Waals surface area contributed by atoms with Gasteiger partial charge in [-0.15, -0.1) is 0 Å². The number of benzene rings is 1. The Morgan fingerprint density at radius 3 is 2.42 bits per heavy atom. The molecule has 6 heteroatoms. The molecular formula is C13H16N2O4. The first-order valence-electron chi connectivity index (χ1n) is 5.84. The van der Waals surface area contributed by atoms with Crippen LogP contribution in [0.15, 0.2) is 30.3 Å². The summed E-state index contributed by atoms with van der Waals surface area (Å²) in [6.45, 7) is 0. The number of carbonyl (C=O) groups excluding carboxylic acids is 3. The molecule has 0 saturated carbocycles. The highest BCUT2D eigenvalue weighted by Gasteiger charge is 2.13. The number of rotatable bonds is 7. The van der Waals surface area contributed by atoms with Crippen molar-refractivity contribution >= 4 is 23.3 Å². The molecule has 6 nitrogen and oxygen atoms in total. The van der Waals surface area contributed by atoms with Crippen LogP contribution in [0.5, 0.6) is 0 Å². The molecule has 0 saturated heterocycles. The number of anilines is 1. The second-order valence-electron chi connectivity index (χ2n) is 3.80. The van der Waals surface area contributed by atoms with E-state index in [1.54, 1.807) is 24.3 Å². The van der Waals surface area contributed by atoms with Gasteiger partial charge in [-0.25, -0.2) is 0 Å². The molecule has 1 amide bonds. The van der Waals surface area contributed by atoms with Gasteiger partial charge in [0, 0.05) is 12.8 Å². The van der Waals surface area contributed by atoms with Crippen LogP contribution in [0.3, 0.4) is 0 Å². The van der Waals surface area contributed by atoms with E-state index in [1.165, 1.54) is 7.11 Å². The standard InChI is InChI=1S/C13H16N2O4/c1-19-12(17)9-5-8-11(16)13(18)15-14-10-6-3-2-4-7-10/h2-4,6-7,14H,5,8-9H2,1H3,(H,15,18). The van der Waals surface area contributed by atoms with Crippen LogP contribution >= 0.6 is 0 Å². The number of amides is 1. The summed E-state index contributed by atoms with van der Waals surface area (Å²) < 4.78 is 4.43. The van der Waals surface area contributed by atoms with Crippen LogP contribution in [0, 0.1) is 0 Å². The van der Waals surface area contributed by atoms with Gasteiger partial charge in [0.15, 0.2) is 0 Å². The summed E-state index contributed by atoms with van der Waals surface area (Å²) in [7, 11) is 1.28. The van der Waals surface area contributed by atoms with E-state index in [4.69, 9.17) is 0 Å². The molecule has 0 bridgehead atoms. The fourth-order valence-electron chi connectivity index (χ4n) is 1.33. The molecular weight excluding hydrogens is 248 g/mol. The summed E-state index contributed by atoms with van der Waals surface area (Å²) in [4.78, 5) is 33.7. The van der Waals surface area contributed by atoms with Gasteiger partial charge >= 0.3 is 11.9 Å². The van der Waals surface area contributed by atoms with Gasteiger partial charge < -0.3 is 4.74 Å². The van der Waals surface area contributed by atoms with Crippen LogP contribution in [-0.4, -0.2) is 24.8 Å². The summed E-state index contributed by atoms with van der Waals surface area (Å²) >= 11 is 0. The lowest BCUT2D eigenvalue weighted by Gasteiger charge is -2.07. The number of esters is 1. The van der Waals surface area contributed by atoms with Gasteiger partial charge in [-0.3, -0.25) is 25.2 Å². The minimum Gasteiger partial charge on any atom is -0.469 e. The second-order valence-corrected chi connectivity index (χ2v) is 3.80. The van der Waals surface area contributed by atoms with Crippen molar-refractivity contribution in [3.8, 4) is 0 Å².